The maximum absolute atomic E-state index is 12.9. The molecule has 0 radical (unpaired) electrons. The Balaban J connectivity index is 1.55. The van der Waals surface area contributed by atoms with Gasteiger partial charge in [-0.1, -0.05) is 57.2 Å². The van der Waals surface area contributed by atoms with Gasteiger partial charge in [0.05, 0.1) is 0 Å². The minimum absolute atomic E-state index is 0.127. The first-order valence-corrected chi connectivity index (χ1v) is 9.36. The zero-order valence-corrected chi connectivity index (χ0v) is 15.7. The number of hydrogen-bond acceptors (Lipinski definition) is 2. The molecule has 2 fully saturated rings. The van der Waals surface area contributed by atoms with Crippen LogP contribution in [0.1, 0.15) is 40.0 Å². The number of nitrogens with one attached hydrogen (secondary N) is 1. The van der Waals surface area contributed by atoms with E-state index >= 15 is 0 Å². The molecule has 1 aliphatic heterocycles. The summed E-state index contributed by atoms with van der Waals surface area (Å²) < 4.78 is 0. The minimum Gasteiger partial charge on any atom is -0.331 e. The number of amides is 2. The largest absolute Gasteiger partial charge is 0.331 e. The number of nitrogens with zero attached hydrogens (tertiary/aromatic N) is 1. The summed E-state index contributed by atoms with van der Waals surface area (Å²) in [6.45, 7) is 7.46. The molecule has 2 amide bonds. The number of benzene rings is 2. The van der Waals surface area contributed by atoms with E-state index in [1.54, 1.807) is 0 Å². The van der Waals surface area contributed by atoms with Crippen molar-refractivity contribution in [1.82, 2.24) is 4.90 Å². The van der Waals surface area contributed by atoms with Gasteiger partial charge >= 0.3 is 11.8 Å². The van der Waals surface area contributed by atoms with Crippen LogP contribution in [0, 0.1) is 10.8 Å². The number of hydrogen-bond donors (Lipinski definition) is 1. The Labute approximate surface area is 154 Å². The first kappa shape index (κ1) is 17.1. The molecule has 2 aromatic carbocycles. The van der Waals surface area contributed by atoms with Crippen LogP contribution >= 0.6 is 0 Å². The Bertz CT molecular complexity index is 883. The Morgan fingerprint density at radius 2 is 1.77 bits per heavy atom. The molecule has 0 aromatic heterocycles. The number of anilines is 1. The maximum Gasteiger partial charge on any atom is 0.313 e. The molecule has 136 valence electrons. The van der Waals surface area contributed by atoms with E-state index in [1.807, 2.05) is 47.4 Å². The average molecular weight is 350 g/mol. The van der Waals surface area contributed by atoms with Crippen LogP contribution < -0.4 is 5.32 Å². The predicted octanol–water partition coefficient (Wildman–Crippen LogP) is 4.21. The summed E-state index contributed by atoms with van der Waals surface area (Å²) in [4.78, 5) is 27.4. The topological polar surface area (TPSA) is 49.4 Å². The van der Waals surface area contributed by atoms with E-state index in [-0.39, 0.29) is 16.9 Å². The predicted molar refractivity (Wildman–Crippen MR) is 104 cm³/mol. The van der Waals surface area contributed by atoms with E-state index < -0.39 is 11.8 Å². The number of likely N-dealkylation sites (tertiary alicyclic amines) is 1. The van der Waals surface area contributed by atoms with Gasteiger partial charge in [-0.05, 0) is 41.5 Å². The van der Waals surface area contributed by atoms with Gasteiger partial charge in [-0.25, -0.2) is 0 Å². The summed E-state index contributed by atoms with van der Waals surface area (Å²) in [6, 6.07) is 13.8. The molecule has 1 saturated heterocycles. The molecule has 2 bridgehead atoms. The molecule has 4 heteroatoms. The van der Waals surface area contributed by atoms with Crippen molar-refractivity contribution in [3.8, 4) is 0 Å². The standard InChI is InChI=1S/C22H26N2O2/c1-21(2)11-16-12-22(3,13-21)14-24(16)20(26)19(25)23-18-10-6-8-15-7-4-5-9-17(15)18/h4-10,16H,11-14H2,1-3H3,(H,23,25). The highest BCUT2D eigenvalue weighted by atomic mass is 16.2. The van der Waals surface area contributed by atoms with Crippen LogP contribution in [0.2, 0.25) is 0 Å². The third-order valence-electron chi connectivity index (χ3n) is 5.91. The fraction of sp³-hybridized carbons (Fsp3) is 0.455. The first-order valence-electron chi connectivity index (χ1n) is 9.36. The third-order valence-corrected chi connectivity index (χ3v) is 5.91. The highest BCUT2D eigenvalue weighted by Gasteiger charge is 2.51. The molecular weight excluding hydrogens is 324 g/mol. The van der Waals surface area contributed by atoms with Crippen molar-refractivity contribution in [2.45, 2.75) is 46.1 Å². The Hall–Kier alpha value is -2.36. The molecule has 2 unspecified atom stereocenters. The number of carbonyl (C=O) groups is 2. The molecule has 26 heavy (non-hydrogen) atoms. The Kier molecular flexibility index (Phi) is 3.83. The highest BCUT2D eigenvalue weighted by molar-refractivity contribution is 6.40. The molecule has 0 spiro atoms. The van der Waals surface area contributed by atoms with Crippen molar-refractivity contribution in [3.63, 3.8) is 0 Å². The van der Waals surface area contributed by atoms with Crippen molar-refractivity contribution < 1.29 is 9.59 Å². The summed E-state index contributed by atoms with van der Waals surface area (Å²) in [5.74, 6) is -0.931. The van der Waals surface area contributed by atoms with E-state index in [9.17, 15) is 9.59 Å². The normalized spacial score (nSPS) is 26.7. The second-order valence-corrected chi connectivity index (χ2v) is 9.13. The fourth-order valence-corrected chi connectivity index (χ4v) is 5.34. The summed E-state index contributed by atoms with van der Waals surface area (Å²) in [7, 11) is 0. The molecule has 1 N–H and O–H groups in total. The van der Waals surface area contributed by atoms with Gasteiger partial charge in [-0.15, -0.1) is 0 Å². The van der Waals surface area contributed by atoms with Crippen LogP contribution in [0.25, 0.3) is 10.8 Å². The Morgan fingerprint density at radius 3 is 2.58 bits per heavy atom. The van der Waals surface area contributed by atoms with Crippen molar-refractivity contribution in [2.75, 3.05) is 11.9 Å². The maximum atomic E-state index is 12.9. The number of carbonyl (C=O) groups excluding carboxylic acids is 2. The van der Waals surface area contributed by atoms with Crippen LogP contribution in [0.3, 0.4) is 0 Å². The lowest BCUT2D eigenvalue weighted by molar-refractivity contribution is -0.144. The third kappa shape index (κ3) is 2.98. The van der Waals surface area contributed by atoms with E-state index in [1.165, 1.54) is 0 Å². The van der Waals surface area contributed by atoms with Crippen LogP contribution in [-0.4, -0.2) is 29.3 Å². The lowest BCUT2D eigenvalue weighted by atomic mass is 9.65. The molecule has 4 rings (SSSR count). The zero-order valence-electron chi connectivity index (χ0n) is 15.7. The molecule has 2 atom stereocenters. The molecule has 1 heterocycles. The van der Waals surface area contributed by atoms with E-state index in [2.05, 4.69) is 26.1 Å². The molecule has 4 nitrogen and oxygen atoms in total. The highest BCUT2D eigenvalue weighted by Crippen LogP contribution is 2.52. The molecule has 2 aliphatic rings. The molecule has 1 aliphatic carbocycles. The summed E-state index contributed by atoms with van der Waals surface area (Å²) in [5, 5.41) is 4.84. The van der Waals surface area contributed by atoms with Crippen molar-refractivity contribution >= 4 is 28.3 Å². The zero-order chi connectivity index (χ0) is 18.5. The summed E-state index contributed by atoms with van der Waals surface area (Å²) >= 11 is 0. The first-order chi connectivity index (χ1) is 12.3. The van der Waals surface area contributed by atoms with Crippen LogP contribution in [0.4, 0.5) is 5.69 Å². The van der Waals surface area contributed by atoms with Gasteiger partial charge in [-0.2, -0.15) is 0 Å². The van der Waals surface area contributed by atoms with E-state index in [0.29, 0.717) is 12.2 Å². The lowest BCUT2D eigenvalue weighted by Gasteiger charge is -2.39. The van der Waals surface area contributed by atoms with Gasteiger partial charge < -0.3 is 10.2 Å². The molecule has 1 saturated carbocycles. The minimum atomic E-state index is -0.532. The SMILES string of the molecule is CC1(C)CC2CC(C)(CN2C(=O)C(=O)Nc2cccc3ccccc23)C1. The molecule has 2 aromatic rings. The second-order valence-electron chi connectivity index (χ2n) is 9.13. The van der Waals surface area contributed by atoms with Crippen LogP contribution in [0.15, 0.2) is 42.5 Å². The smallest absolute Gasteiger partial charge is 0.313 e. The van der Waals surface area contributed by atoms with Crippen LogP contribution in [-0.2, 0) is 9.59 Å². The molecular formula is C22H26N2O2. The lowest BCUT2D eigenvalue weighted by Crippen LogP contribution is -2.43. The average Bonchev–Trinajstić information content (AvgIpc) is 2.83. The number of rotatable bonds is 1. The van der Waals surface area contributed by atoms with Crippen molar-refractivity contribution in [2.24, 2.45) is 10.8 Å². The number of fused-ring (bicyclic) bond motifs is 3. The van der Waals surface area contributed by atoms with Gasteiger partial charge in [0.25, 0.3) is 0 Å². The van der Waals surface area contributed by atoms with Gasteiger partial charge in [0, 0.05) is 23.7 Å². The van der Waals surface area contributed by atoms with E-state index in [4.69, 9.17) is 0 Å². The van der Waals surface area contributed by atoms with Crippen LogP contribution in [0.5, 0.6) is 0 Å². The quantitative estimate of drug-likeness (QED) is 0.784. The van der Waals surface area contributed by atoms with Crippen molar-refractivity contribution in [3.05, 3.63) is 42.5 Å². The van der Waals surface area contributed by atoms with Crippen molar-refractivity contribution in [1.29, 1.82) is 0 Å². The summed E-state index contributed by atoms with van der Waals surface area (Å²) in [6.07, 6.45) is 3.07. The van der Waals surface area contributed by atoms with Gasteiger partial charge in [0.2, 0.25) is 0 Å². The fourth-order valence-electron chi connectivity index (χ4n) is 5.34. The van der Waals surface area contributed by atoms with Gasteiger partial charge in [0.1, 0.15) is 0 Å². The van der Waals surface area contributed by atoms with Gasteiger partial charge in [0.15, 0.2) is 0 Å². The summed E-state index contributed by atoms with van der Waals surface area (Å²) in [5.41, 5.74) is 1.04. The monoisotopic (exact) mass is 350 g/mol. The second kappa shape index (κ2) is 5.83. The van der Waals surface area contributed by atoms with Gasteiger partial charge in [-0.3, -0.25) is 9.59 Å². The Morgan fingerprint density at radius 1 is 1.04 bits per heavy atom. The van der Waals surface area contributed by atoms with E-state index in [0.717, 1.165) is 30.0 Å².